The first-order valence-corrected chi connectivity index (χ1v) is 8.89. The number of aryl methyl sites for hydroxylation is 1. The number of hydrogen-bond donors (Lipinski definition) is 1. The Hall–Kier alpha value is -3.06. The van der Waals surface area contributed by atoms with E-state index in [-0.39, 0.29) is 5.56 Å². The summed E-state index contributed by atoms with van der Waals surface area (Å²) in [5.41, 5.74) is 4.83. The van der Waals surface area contributed by atoms with Crippen molar-refractivity contribution in [2.45, 2.75) is 26.2 Å². The van der Waals surface area contributed by atoms with Crippen LogP contribution in [0.2, 0.25) is 0 Å². The second-order valence-electron chi connectivity index (χ2n) is 6.64. The number of rotatable bonds is 4. The van der Waals surface area contributed by atoms with Crippen LogP contribution in [0.25, 0.3) is 11.6 Å². The molecule has 0 bridgehead atoms. The molecule has 1 N–H and O–H groups in total. The molecule has 1 saturated heterocycles. The fraction of sp³-hybridized carbons (Fsp3) is 0.273. The summed E-state index contributed by atoms with van der Waals surface area (Å²) in [5, 5.41) is 18.5. The van der Waals surface area contributed by atoms with Crippen LogP contribution in [0.15, 0.2) is 42.5 Å². The highest BCUT2D eigenvalue weighted by molar-refractivity contribution is 5.92. The number of carboxylic acids is 1. The number of carbonyl (C=O) groups is 1. The van der Waals surface area contributed by atoms with E-state index in [1.807, 2.05) is 6.08 Å². The average Bonchev–Trinajstić information content (AvgIpc) is 2.68. The summed E-state index contributed by atoms with van der Waals surface area (Å²) >= 11 is 0. The van der Waals surface area contributed by atoms with Gasteiger partial charge in [0, 0.05) is 18.8 Å². The van der Waals surface area contributed by atoms with Crippen LogP contribution in [-0.4, -0.2) is 24.2 Å². The van der Waals surface area contributed by atoms with Crippen LogP contribution in [0.1, 0.15) is 46.3 Å². The molecule has 0 amide bonds. The first-order chi connectivity index (χ1) is 12.6. The van der Waals surface area contributed by atoms with Crippen LogP contribution in [0.3, 0.4) is 0 Å². The van der Waals surface area contributed by atoms with Gasteiger partial charge in [0.1, 0.15) is 0 Å². The Morgan fingerprint density at radius 3 is 2.31 bits per heavy atom. The van der Waals surface area contributed by atoms with Gasteiger partial charge in [-0.1, -0.05) is 18.2 Å². The summed E-state index contributed by atoms with van der Waals surface area (Å²) in [6.45, 7) is 4.27. The highest BCUT2D eigenvalue weighted by Crippen LogP contribution is 2.26. The van der Waals surface area contributed by atoms with Crippen LogP contribution in [0.5, 0.6) is 0 Å². The molecule has 132 valence electrons. The van der Waals surface area contributed by atoms with Gasteiger partial charge in [-0.2, -0.15) is 5.26 Å². The second kappa shape index (κ2) is 7.88. The zero-order valence-electron chi connectivity index (χ0n) is 14.9. The van der Waals surface area contributed by atoms with E-state index in [9.17, 15) is 10.1 Å². The molecule has 0 unspecified atom stereocenters. The van der Waals surface area contributed by atoms with Gasteiger partial charge in [0.15, 0.2) is 0 Å². The van der Waals surface area contributed by atoms with E-state index in [2.05, 4.69) is 36.1 Å². The number of nitriles is 1. The number of aromatic carboxylic acids is 1. The van der Waals surface area contributed by atoms with Gasteiger partial charge in [-0.05, 0) is 73.2 Å². The van der Waals surface area contributed by atoms with Gasteiger partial charge < -0.3 is 10.0 Å². The normalized spacial score (nSPS) is 14.8. The minimum Gasteiger partial charge on any atom is -0.478 e. The Labute approximate surface area is 154 Å². The van der Waals surface area contributed by atoms with Crippen LogP contribution in [0, 0.1) is 18.3 Å². The second-order valence-corrected chi connectivity index (χ2v) is 6.64. The maximum atomic E-state index is 11.0. The van der Waals surface area contributed by atoms with Crippen molar-refractivity contribution in [2.75, 3.05) is 18.0 Å². The third-order valence-electron chi connectivity index (χ3n) is 4.84. The van der Waals surface area contributed by atoms with E-state index in [1.165, 1.54) is 37.1 Å². The van der Waals surface area contributed by atoms with Crippen molar-refractivity contribution < 1.29 is 9.90 Å². The van der Waals surface area contributed by atoms with E-state index in [0.29, 0.717) is 5.57 Å². The molecule has 0 saturated carbocycles. The topological polar surface area (TPSA) is 64.3 Å². The molecule has 0 aliphatic carbocycles. The molecule has 4 nitrogen and oxygen atoms in total. The molecule has 3 rings (SSSR count). The molecule has 0 aromatic heterocycles. The van der Waals surface area contributed by atoms with E-state index in [1.54, 1.807) is 12.1 Å². The standard InChI is InChI=1S/C22H22N2O2/c1-16-13-21(24-11-3-2-4-12-24)10-9-19(16)14-20(15-23)17-5-7-18(8-6-17)22(25)26/h5-10,13-14H,2-4,11-12H2,1H3,(H,25,26). The number of allylic oxidation sites excluding steroid dienone is 1. The summed E-state index contributed by atoms with van der Waals surface area (Å²) < 4.78 is 0. The van der Waals surface area contributed by atoms with Gasteiger partial charge >= 0.3 is 5.97 Å². The minimum absolute atomic E-state index is 0.216. The monoisotopic (exact) mass is 346 g/mol. The van der Waals surface area contributed by atoms with E-state index in [0.717, 1.165) is 29.8 Å². The average molecular weight is 346 g/mol. The molecule has 2 aromatic carbocycles. The maximum absolute atomic E-state index is 11.0. The molecule has 4 heteroatoms. The van der Waals surface area contributed by atoms with Gasteiger partial charge in [0.25, 0.3) is 0 Å². The quantitative estimate of drug-likeness (QED) is 0.641. The molecule has 1 aliphatic rings. The van der Waals surface area contributed by atoms with Gasteiger partial charge in [-0.15, -0.1) is 0 Å². The van der Waals surface area contributed by atoms with Gasteiger partial charge in [0.05, 0.1) is 17.2 Å². The lowest BCUT2D eigenvalue weighted by atomic mass is 9.99. The summed E-state index contributed by atoms with van der Waals surface area (Å²) in [7, 11) is 0. The van der Waals surface area contributed by atoms with Crippen molar-refractivity contribution >= 4 is 23.3 Å². The molecule has 26 heavy (non-hydrogen) atoms. The van der Waals surface area contributed by atoms with Crippen molar-refractivity contribution in [1.29, 1.82) is 5.26 Å². The van der Waals surface area contributed by atoms with Crippen molar-refractivity contribution in [3.63, 3.8) is 0 Å². The largest absolute Gasteiger partial charge is 0.478 e. The van der Waals surface area contributed by atoms with Gasteiger partial charge in [-0.25, -0.2) is 4.79 Å². The van der Waals surface area contributed by atoms with Crippen LogP contribution < -0.4 is 4.90 Å². The Kier molecular flexibility index (Phi) is 5.38. The Morgan fingerprint density at radius 1 is 1.08 bits per heavy atom. The summed E-state index contributed by atoms with van der Waals surface area (Å²) in [5.74, 6) is -0.969. The lowest BCUT2D eigenvalue weighted by molar-refractivity contribution is 0.0697. The van der Waals surface area contributed by atoms with Crippen LogP contribution in [-0.2, 0) is 0 Å². The highest BCUT2D eigenvalue weighted by atomic mass is 16.4. The number of benzene rings is 2. The summed E-state index contributed by atoms with van der Waals surface area (Å²) in [6.07, 6.45) is 5.66. The molecule has 0 spiro atoms. The van der Waals surface area contributed by atoms with E-state index >= 15 is 0 Å². The number of nitrogens with zero attached hydrogens (tertiary/aromatic N) is 2. The Balaban J connectivity index is 1.87. The van der Waals surface area contributed by atoms with Crippen molar-refractivity contribution in [3.8, 4) is 6.07 Å². The molecular weight excluding hydrogens is 324 g/mol. The first kappa shape index (κ1) is 17.8. The Bertz CT molecular complexity index is 870. The minimum atomic E-state index is -0.969. The SMILES string of the molecule is Cc1cc(N2CCCCC2)ccc1C=C(C#N)c1ccc(C(=O)O)cc1. The van der Waals surface area contributed by atoms with Crippen LogP contribution >= 0.6 is 0 Å². The van der Waals surface area contributed by atoms with E-state index < -0.39 is 5.97 Å². The lowest BCUT2D eigenvalue weighted by Gasteiger charge is -2.29. The smallest absolute Gasteiger partial charge is 0.335 e. The van der Waals surface area contributed by atoms with Crippen LogP contribution in [0.4, 0.5) is 5.69 Å². The maximum Gasteiger partial charge on any atom is 0.335 e. The summed E-state index contributed by atoms with van der Waals surface area (Å²) in [4.78, 5) is 13.4. The first-order valence-electron chi connectivity index (χ1n) is 8.89. The Morgan fingerprint density at radius 2 is 1.73 bits per heavy atom. The predicted octanol–water partition coefficient (Wildman–Crippen LogP) is 4.75. The zero-order valence-corrected chi connectivity index (χ0v) is 14.9. The summed E-state index contributed by atoms with van der Waals surface area (Å²) in [6, 6.07) is 15.0. The van der Waals surface area contributed by atoms with Crippen molar-refractivity contribution in [2.24, 2.45) is 0 Å². The molecule has 2 aromatic rings. The fourth-order valence-corrected chi connectivity index (χ4v) is 3.30. The third-order valence-corrected chi connectivity index (χ3v) is 4.84. The van der Waals surface area contributed by atoms with Crippen molar-refractivity contribution in [1.82, 2.24) is 0 Å². The fourth-order valence-electron chi connectivity index (χ4n) is 3.30. The van der Waals surface area contributed by atoms with Gasteiger partial charge in [-0.3, -0.25) is 0 Å². The number of carboxylic acid groups (broad SMARTS) is 1. The van der Waals surface area contributed by atoms with Crippen molar-refractivity contribution in [3.05, 3.63) is 64.7 Å². The zero-order chi connectivity index (χ0) is 18.5. The molecule has 1 fully saturated rings. The molecule has 1 heterocycles. The molecular formula is C22H22N2O2. The molecule has 0 radical (unpaired) electrons. The predicted molar refractivity (Wildman–Crippen MR) is 104 cm³/mol. The van der Waals surface area contributed by atoms with E-state index in [4.69, 9.17) is 5.11 Å². The number of hydrogen-bond acceptors (Lipinski definition) is 3. The number of piperidine rings is 1. The molecule has 0 atom stereocenters. The molecule has 1 aliphatic heterocycles. The highest BCUT2D eigenvalue weighted by Gasteiger charge is 2.12. The number of anilines is 1. The third kappa shape index (κ3) is 3.94. The van der Waals surface area contributed by atoms with Gasteiger partial charge in [0.2, 0.25) is 0 Å². The lowest BCUT2D eigenvalue weighted by Crippen LogP contribution is -2.29.